The zero-order chi connectivity index (χ0) is 18.8. The molecule has 25 heavy (non-hydrogen) atoms. The molecule has 2 N–H and O–H groups in total. The molecule has 0 saturated heterocycles. The van der Waals surface area contributed by atoms with Gasteiger partial charge in [0, 0.05) is 25.0 Å². The molecule has 138 valence electrons. The Morgan fingerprint density at radius 3 is 2.48 bits per heavy atom. The van der Waals surface area contributed by atoms with E-state index in [0.29, 0.717) is 6.42 Å². The maximum Gasteiger partial charge on any atom is 0.303 e. The first kappa shape index (κ1) is 19.6. The quantitative estimate of drug-likeness (QED) is 0.417. The first-order valence-electron chi connectivity index (χ1n) is 8.56. The lowest BCUT2D eigenvalue weighted by molar-refractivity contribution is -0.434. The lowest BCUT2D eigenvalue weighted by Gasteiger charge is -2.22. The number of nitrogens with zero attached hydrogens (tertiary/aromatic N) is 1. The number of rotatable bonds is 8. The molecule has 0 spiro atoms. The van der Waals surface area contributed by atoms with E-state index in [-0.39, 0.29) is 16.7 Å². The molecule has 6 nitrogen and oxygen atoms in total. The Labute approximate surface area is 148 Å². The van der Waals surface area contributed by atoms with Crippen molar-refractivity contribution < 1.29 is 27.4 Å². The summed E-state index contributed by atoms with van der Waals surface area (Å²) >= 11 is 0. The van der Waals surface area contributed by atoms with E-state index in [1.807, 2.05) is 13.8 Å². The second-order valence-electron chi connectivity index (χ2n) is 6.77. The van der Waals surface area contributed by atoms with Gasteiger partial charge in [0.25, 0.3) is 10.1 Å². The second-order valence-corrected chi connectivity index (χ2v) is 8.19. The number of unbranched alkanes of at least 4 members (excludes halogenated alkanes) is 2. The minimum Gasteiger partial charge on any atom is -0.481 e. The predicted molar refractivity (Wildman–Crippen MR) is 95.5 cm³/mol. The largest absolute Gasteiger partial charge is 0.481 e. The van der Waals surface area contributed by atoms with E-state index in [2.05, 4.69) is 11.5 Å². The van der Waals surface area contributed by atoms with Gasteiger partial charge in [0.05, 0.1) is 10.3 Å². The van der Waals surface area contributed by atoms with Gasteiger partial charge in [-0.25, -0.2) is 0 Å². The number of carboxylic acid groups (broad SMARTS) is 1. The van der Waals surface area contributed by atoms with Crippen LogP contribution in [0.25, 0.3) is 0 Å². The van der Waals surface area contributed by atoms with Crippen LogP contribution in [0.15, 0.2) is 23.1 Å². The first-order valence-corrected chi connectivity index (χ1v) is 10.0. The topological polar surface area (TPSA) is 94.7 Å². The van der Waals surface area contributed by atoms with Gasteiger partial charge in [0.15, 0.2) is 5.71 Å². The lowest BCUT2D eigenvalue weighted by Crippen LogP contribution is -2.30. The normalized spacial score (nSPS) is 20.0. The summed E-state index contributed by atoms with van der Waals surface area (Å²) < 4.78 is 34.6. The highest BCUT2D eigenvalue weighted by molar-refractivity contribution is 7.85. The first-order chi connectivity index (χ1) is 11.6. The summed E-state index contributed by atoms with van der Waals surface area (Å²) in [6, 6.07) is 4.75. The summed E-state index contributed by atoms with van der Waals surface area (Å²) in [4.78, 5) is 10.5. The van der Waals surface area contributed by atoms with Gasteiger partial charge in [-0.15, -0.1) is 0 Å². The number of carboxylic acids is 1. The third-order valence-corrected chi connectivity index (χ3v) is 6.09. The van der Waals surface area contributed by atoms with E-state index >= 15 is 0 Å². The van der Waals surface area contributed by atoms with Crippen LogP contribution in [0.2, 0.25) is 0 Å². The second kappa shape index (κ2) is 7.25. The molecule has 1 aliphatic heterocycles. The summed E-state index contributed by atoms with van der Waals surface area (Å²) in [6.45, 7) is 6.96. The maximum absolute atomic E-state index is 11.5. The molecule has 0 radical (unpaired) electrons. The van der Waals surface area contributed by atoms with Crippen LogP contribution in [-0.4, -0.2) is 40.9 Å². The van der Waals surface area contributed by atoms with Gasteiger partial charge >= 0.3 is 5.97 Å². The minimum absolute atomic E-state index is 0.0888. The molecular weight excluding hydrogens is 342 g/mol. The molecule has 1 heterocycles. The van der Waals surface area contributed by atoms with Gasteiger partial charge in [0.1, 0.15) is 6.54 Å². The molecule has 1 aromatic carbocycles. The molecule has 1 aromatic rings. The SMILES string of the molecule is CC[N+]1=C(C)C(C)(CCCCCC(=O)O)c2cc(S(=O)(=O)O)ccc21. The summed E-state index contributed by atoms with van der Waals surface area (Å²) in [5, 5.41) is 8.73. The number of aliphatic carboxylic acids is 1. The molecule has 0 aromatic heterocycles. The minimum atomic E-state index is -4.25. The molecule has 0 fully saturated rings. The number of hydrogen-bond acceptors (Lipinski definition) is 3. The van der Waals surface area contributed by atoms with Crippen LogP contribution in [0.3, 0.4) is 0 Å². The van der Waals surface area contributed by atoms with Crippen LogP contribution in [-0.2, 0) is 20.3 Å². The third-order valence-electron chi connectivity index (χ3n) is 5.24. The molecule has 1 atom stereocenters. The predicted octanol–water partition coefficient (Wildman–Crippen LogP) is 3.36. The van der Waals surface area contributed by atoms with Gasteiger partial charge in [-0.1, -0.05) is 12.8 Å². The molecule has 0 saturated carbocycles. The summed E-state index contributed by atoms with van der Waals surface area (Å²) in [5.74, 6) is -0.782. The van der Waals surface area contributed by atoms with Gasteiger partial charge in [-0.05, 0) is 38.8 Å². The molecular formula is C18H26NO5S+. The Hall–Kier alpha value is -1.73. The van der Waals surface area contributed by atoms with Gasteiger partial charge in [-0.2, -0.15) is 13.0 Å². The zero-order valence-corrected chi connectivity index (χ0v) is 15.8. The van der Waals surface area contributed by atoms with Crippen molar-refractivity contribution in [2.24, 2.45) is 0 Å². The fraction of sp³-hybridized carbons (Fsp3) is 0.556. The number of benzene rings is 1. The highest BCUT2D eigenvalue weighted by atomic mass is 32.2. The van der Waals surface area contributed by atoms with Crippen molar-refractivity contribution >= 4 is 27.5 Å². The fourth-order valence-corrected chi connectivity index (χ4v) is 4.19. The van der Waals surface area contributed by atoms with Crippen molar-refractivity contribution in [1.29, 1.82) is 0 Å². The van der Waals surface area contributed by atoms with Crippen molar-refractivity contribution in [2.75, 3.05) is 6.54 Å². The Morgan fingerprint density at radius 1 is 1.24 bits per heavy atom. The molecule has 2 rings (SSSR count). The smallest absolute Gasteiger partial charge is 0.303 e. The molecule has 0 bridgehead atoms. The molecule has 1 unspecified atom stereocenters. The van der Waals surface area contributed by atoms with Crippen LogP contribution in [0.1, 0.15) is 58.4 Å². The van der Waals surface area contributed by atoms with Crippen molar-refractivity contribution in [2.45, 2.75) is 63.2 Å². The van der Waals surface area contributed by atoms with E-state index in [0.717, 1.165) is 42.8 Å². The Bertz CT molecular complexity index is 813. The van der Waals surface area contributed by atoms with Crippen LogP contribution in [0.4, 0.5) is 5.69 Å². The Kier molecular flexibility index (Phi) is 5.68. The van der Waals surface area contributed by atoms with E-state index in [1.165, 1.54) is 6.07 Å². The van der Waals surface area contributed by atoms with Crippen molar-refractivity contribution in [1.82, 2.24) is 0 Å². The molecule has 0 amide bonds. The van der Waals surface area contributed by atoms with E-state index in [9.17, 15) is 17.8 Å². The van der Waals surface area contributed by atoms with E-state index in [1.54, 1.807) is 12.1 Å². The van der Waals surface area contributed by atoms with Crippen LogP contribution < -0.4 is 0 Å². The van der Waals surface area contributed by atoms with E-state index < -0.39 is 16.1 Å². The Morgan fingerprint density at radius 2 is 1.92 bits per heavy atom. The fourth-order valence-electron chi connectivity index (χ4n) is 3.68. The zero-order valence-electron chi connectivity index (χ0n) is 14.9. The van der Waals surface area contributed by atoms with Gasteiger partial charge in [0.2, 0.25) is 5.69 Å². The average Bonchev–Trinajstić information content (AvgIpc) is 2.74. The van der Waals surface area contributed by atoms with E-state index in [4.69, 9.17) is 5.11 Å². The standard InChI is InChI=1S/C18H25NO5S/c1-4-19-13(2)18(3,11-7-5-6-8-17(20)21)15-12-14(25(22,23)24)9-10-16(15)19/h9-10,12H,4-8,11H2,1-3H3,(H-,20,21,22,23,24)/p+1. The van der Waals surface area contributed by atoms with Crippen molar-refractivity contribution in [3.05, 3.63) is 23.8 Å². The summed E-state index contributed by atoms with van der Waals surface area (Å²) in [7, 11) is -4.25. The highest BCUT2D eigenvalue weighted by Gasteiger charge is 2.46. The van der Waals surface area contributed by atoms with Crippen molar-refractivity contribution in [3.8, 4) is 0 Å². The number of fused-ring (bicyclic) bond motifs is 1. The third kappa shape index (κ3) is 3.93. The monoisotopic (exact) mass is 368 g/mol. The molecule has 0 aliphatic carbocycles. The Balaban J connectivity index is 2.31. The average molecular weight is 368 g/mol. The number of carbonyl (C=O) groups is 1. The van der Waals surface area contributed by atoms with Crippen molar-refractivity contribution in [3.63, 3.8) is 0 Å². The van der Waals surface area contributed by atoms with Gasteiger partial charge in [-0.3, -0.25) is 9.35 Å². The maximum atomic E-state index is 11.5. The lowest BCUT2D eigenvalue weighted by atomic mass is 9.76. The summed E-state index contributed by atoms with van der Waals surface area (Å²) in [5.41, 5.74) is 2.70. The van der Waals surface area contributed by atoms with Gasteiger partial charge < -0.3 is 5.11 Å². The molecule has 1 aliphatic rings. The van der Waals surface area contributed by atoms with Crippen LogP contribution in [0, 0.1) is 0 Å². The van der Waals surface area contributed by atoms with Crippen LogP contribution in [0.5, 0.6) is 0 Å². The summed E-state index contributed by atoms with van der Waals surface area (Å²) in [6.07, 6.45) is 3.28. The highest BCUT2D eigenvalue weighted by Crippen LogP contribution is 2.43. The van der Waals surface area contributed by atoms with Crippen LogP contribution >= 0.6 is 0 Å². The molecule has 7 heteroatoms. The number of hydrogen-bond donors (Lipinski definition) is 2.